The molecule has 2 aromatic heterocycles. The highest BCUT2D eigenvalue weighted by Gasteiger charge is 2.18. The molecule has 0 amide bonds. The molecule has 0 aliphatic carbocycles. The molecule has 0 atom stereocenters. The van der Waals surface area contributed by atoms with Gasteiger partial charge in [0.1, 0.15) is 23.7 Å². The smallest absolute Gasteiger partial charge is 0.282 e. The summed E-state index contributed by atoms with van der Waals surface area (Å²) < 4.78 is 19.6. The second kappa shape index (κ2) is 10.8. The number of nitrogens with zero attached hydrogens (tertiary/aromatic N) is 3. The van der Waals surface area contributed by atoms with Crippen LogP contribution >= 0.6 is 15.9 Å². The largest absolute Gasteiger partial charge is 0.496 e. The van der Waals surface area contributed by atoms with Crippen LogP contribution in [-0.4, -0.2) is 23.0 Å². The van der Waals surface area contributed by atoms with Crippen molar-refractivity contribution in [1.82, 2.24) is 9.66 Å². The minimum Gasteiger partial charge on any atom is -0.496 e. The molecule has 4 aromatic carbocycles. The molecule has 2 heterocycles. The van der Waals surface area contributed by atoms with Crippen molar-refractivity contribution in [2.75, 3.05) is 7.11 Å². The molecule has 40 heavy (non-hydrogen) atoms. The second-order valence-corrected chi connectivity index (χ2v) is 10.1. The lowest BCUT2D eigenvalue weighted by molar-refractivity contribution is 0.304. The maximum absolute atomic E-state index is 13.6. The second-order valence-electron chi connectivity index (χ2n) is 9.26. The van der Waals surface area contributed by atoms with Gasteiger partial charge in [-0.05, 0) is 82.5 Å². The number of benzene rings is 4. The van der Waals surface area contributed by atoms with E-state index in [-0.39, 0.29) is 11.4 Å². The van der Waals surface area contributed by atoms with Gasteiger partial charge in [-0.1, -0.05) is 48.0 Å². The Morgan fingerprint density at radius 2 is 1.80 bits per heavy atom. The highest BCUT2D eigenvalue weighted by molar-refractivity contribution is 9.10. The number of hydrogen-bond donors (Lipinski definition) is 0. The van der Waals surface area contributed by atoms with Gasteiger partial charge in [0.15, 0.2) is 5.76 Å². The van der Waals surface area contributed by atoms with Crippen LogP contribution in [0.5, 0.6) is 11.5 Å². The minimum atomic E-state index is -0.304. The molecular weight excluding hydrogens is 570 g/mol. The van der Waals surface area contributed by atoms with E-state index < -0.39 is 0 Å². The summed E-state index contributed by atoms with van der Waals surface area (Å²) in [6.45, 7) is 2.51. The van der Waals surface area contributed by atoms with Gasteiger partial charge in [-0.25, -0.2) is 4.98 Å². The van der Waals surface area contributed by atoms with Crippen LogP contribution in [0.3, 0.4) is 0 Å². The number of hydrogen-bond acceptors (Lipinski definition) is 6. The third-order valence-corrected chi connectivity index (χ3v) is 7.09. The molecule has 198 valence electrons. The van der Waals surface area contributed by atoms with E-state index in [0.29, 0.717) is 40.4 Å². The van der Waals surface area contributed by atoms with Gasteiger partial charge in [0.05, 0.1) is 34.1 Å². The topological polar surface area (TPSA) is 78.9 Å². The molecule has 0 radical (unpaired) electrons. The maximum Gasteiger partial charge on any atom is 0.282 e. The Labute approximate surface area is 238 Å². The number of para-hydroxylation sites is 1. The summed E-state index contributed by atoms with van der Waals surface area (Å²) in [5.41, 5.74) is 3.92. The fourth-order valence-electron chi connectivity index (χ4n) is 4.51. The molecule has 0 saturated heterocycles. The molecular formula is C32H24BrN3O4. The Bertz CT molecular complexity index is 1960. The lowest BCUT2D eigenvalue weighted by Crippen LogP contribution is -2.20. The summed E-state index contributed by atoms with van der Waals surface area (Å²) in [6.07, 6.45) is 1.61. The predicted molar refractivity (Wildman–Crippen MR) is 160 cm³/mol. The molecule has 0 fully saturated rings. The van der Waals surface area contributed by atoms with Gasteiger partial charge in [-0.15, -0.1) is 0 Å². The van der Waals surface area contributed by atoms with Crippen LogP contribution in [0.1, 0.15) is 16.7 Å². The summed E-state index contributed by atoms with van der Waals surface area (Å²) >= 11 is 3.60. The number of fused-ring (bicyclic) bond motifs is 2. The molecule has 6 aromatic rings. The minimum absolute atomic E-state index is 0.287. The highest BCUT2D eigenvalue weighted by Crippen LogP contribution is 2.33. The number of halogens is 1. The van der Waals surface area contributed by atoms with Gasteiger partial charge in [-0.2, -0.15) is 9.78 Å². The van der Waals surface area contributed by atoms with Crippen molar-refractivity contribution in [2.24, 2.45) is 5.10 Å². The van der Waals surface area contributed by atoms with Crippen molar-refractivity contribution in [1.29, 1.82) is 0 Å². The lowest BCUT2D eigenvalue weighted by atomic mass is 10.1. The van der Waals surface area contributed by atoms with E-state index in [1.54, 1.807) is 31.5 Å². The van der Waals surface area contributed by atoms with Crippen LogP contribution in [0, 0.1) is 6.92 Å². The molecule has 0 unspecified atom stereocenters. The third-order valence-electron chi connectivity index (χ3n) is 6.47. The van der Waals surface area contributed by atoms with Crippen molar-refractivity contribution in [3.63, 3.8) is 0 Å². The maximum atomic E-state index is 13.6. The quantitative estimate of drug-likeness (QED) is 0.181. The number of aromatic nitrogens is 2. The zero-order chi connectivity index (χ0) is 27.6. The van der Waals surface area contributed by atoms with E-state index in [0.717, 1.165) is 21.0 Å². The Balaban J connectivity index is 1.36. The first kappa shape index (κ1) is 25.6. The molecule has 0 aliphatic heterocycles. The summed E-state index contributed by atoms with van der Waals surface area (Å²) in [7, 11) is 1.60. The average Bonchev–Trinajstić information content (AvgIpc) is 3.41. The van der Waals surface area contributed by atoms with Gasteiger partial charge in [-0.3, -0.25) is 4.79 Å². The molecule has 0 aliphatic rings. The molecule has 0 bridgehead atoms. The van der Waals surface area contributed by atoms with Crippen LogP contribution in [0.25, 0.3) is 33.5 Å². The normalized spacial score (nSPS) is 11.5. The van der Waals surface area contributed by atoms with E-state index >= 15 is 0 Å². The first-order valence-corrected chi connectivity index (χ1v) is 13.4. The van der Waals surface area contributed by atoms with Crippen LogP contribution in [0.15, 0.2) is 110 Å². The summed E-state index contributed by atoms with van der Waals surface area (Å²) in [4.78, 5) is 18.3. The Kier molecular flexibility index (Phi) is 6.92. The molecule has 6 rings (SSSR count). The number of furan rings is 1. The standard InChI is InChI=1S/C32H24BrN3O4/c1-20-7-5-8-22(15-20)19-39-29-14-13-21(16-25(29)33)18-34-36-31(35-26-10-4-3-9-23(26)32(36)37)30-17-24-27(38-2)11-6-12-28(24)40-30/h3-18H,19H2,1-2H3. The lowest BCUT2D eigenvalue weighted by Gasteiger charge is -2.10. The number of methoxy groups -OCH3 is 1. The number of ether oxygens (including phenoxy) is 2. The first-order chi connectivity index (χ1) is 19.5. The molecule has 0 saturated carbocycles. The van der Waals surface area contributed by atoms with Crippen LogP contribution in [0.2, 0.25) is 0 Å². The van der Waals surface area contributed by atoms with Crippen molar-refractivity contribution < 1.29 is 13.9 Å². The van der Waals surface area contributed by atoms with Crippen LogP contribution in [0.4, 0.5) is 0 Å². The van der Waals surface area contributed by atoms with E-state index in [4.69, 9.17) is 18.9 Å². The van der Waals surface area contributed by atoms with Gasteiger partial charge in [0.25, 0.3) is 5.56 Å². The number of aryl methyl sites for hydroxylation is 1. The van der Waals surface area contributed by atoms with Crippen molar-refractivity contribution in [3.05, 3.63) is 123 Å². The Hall–Kier alpha value is -4.69. The zero-order valence-corrected chi connectivity index (χ0v) is 23.4. The third kappa shape index (κ3) is 5.01. The Morgan fingerprint density at radius 1 is 0.950 bits per heavy atom. The van der Waals surface area contributed by atoms with Gasteiger partial charge < -0.3 is 13.9 Å². The van der Waals surface area contributed by atoms with Gasteiger partial charge >= 0.3 is 0 Å². The predicted octanol–water partition coefficient (Wildman–Crippen LogP) is 7.35. The van der Waals surface area contributed by atoms with E-state index in [2.05, 4.69) is 40.1 Å². The fraction of sp³-hybridized carbons (Fsp3) is 0.0938. The zero-order valence-electron chi connectivity index (χ0n) is 21.8. The van der Waals surface area contributed by atoms with E-state index in [9.17, 15) is 4.79 Å². The van der Waals surface area contributed by atoms with Crippen molar-refractivity contribution >= 4 is 44.0 Å². The summed E-state index contributed by atoms with van der Waals surface area (Å²) in [6, 6.07) is 28.4. The van der Waals surface area contributed by atoms with Crippen molar-refractivity contribution in [2.45, 2.75) is 13.5 Å². The van der Waals surface area contributed by atoms with Crippen LogP contribution < -0.4 is 15.0 Å². The van der Waals surface area contributed by atoms with Gasteiger partial charge in [0.2, 0.25) is 5.82 Å². The molecule has 0 N–H and O–H groups in total. The average molecular weight is 594 g/mol. The van der Waals surface area contributed by atoms with Crippen molar-refractivity contribution in [3.8, 4) is 23.1 Å². The molecule has 8 heteroatoms. The highest BCUT2D eigenvalue weighted by atomic mass is 79.9. The molecule has 0 spiro atoms. The number of rotatable bonds is 7. The van der Waals surface area contributed by atoms with E-state index in [1.165, 1.54) is 10.2 Å². The van der Waals surface area contributed by atoms with E-state index in [1.807, 2.05) is 60.7 Å². The SMILES string of the molecule is COc1cccc2oc(-c3nc4ccccc4c(=O)n3N=Cc3ccc(OCc4cccc(C)c4)c(Br)c3)cc12. The van der Waals surface area contributed by atoms with Gasteiger partial charge in [0, 0.05) is 0 Å². The Morgan fingerprint density at radius 3 is 2.62 bits per heavy atom. The van der Waals surface area contributed by atoms with Crippen LogP contribution in [-0.2, 0) is 6.61 Å². The summed E-state index contributed by atoms with van der Waals surface area (Å²) in [5.74, 6) is 2.07. The molecule has 7 nitrogen and oxygen atoms in total. The summed E-state index contributed by atoms with van der Waals surface area (Å²) in [5, 5.41) is 5.79. The monoisotopic (exact) mass is 593 g/mol. The first-order valence-electron chi connectivity index (χ1n) is 12.6. The fourth-order valence-corrected chi connectivity index (χ4v) is 5.03.